The van der Waals surface area contributed by atoms with E-state index in [0.29, 0.717) is 28.7 Å². The van der Waals surface area contributed by atoms with Crippen LogP contribution >= 0.6 is 35.6 Å². The number of benzene rings is 1. The highest BCUT2D eigenvalue weighted by Gasteiger charge is 2.15. The Morgan fingerprint density at radius 2 is 2.00 bits per heavy atom. The Hall–Kier alpha value is -1.35. The van der Waals surface area contributed by atoms with E-state index in [2.05, 4.69) is 20.4 Å². The van der Waals surface area contributed by atoms with Gasteiger partial charge in [-0.25, -0.2) is 4.99 Å². The van der Waals surface area contributed by atoms with Crippen LogP contribution in [0.3, 0.4) is 0 Å². The minimum absolute atomic E-state index is 0. The first-order chi connectivity index (χ1) is 10.7. The van der Waals surface area contributed by atoms with Gasteiger partial charge in [-0.3, -0.25) is 0 Å². The second-order valence-corrected chi connectivity index (χ2v) is 5.78. The second kappa shape index (κ2) is 8.49. The molecular weight excluding hydrogens is 429 g/mol. The molecule has 8 heteroatoms. The third kappa shape index (κ3) is 5.07. The summed E-state index contributed by atoms with van der Waals surface area (Å²) in [5, 5.41) is 7.82. The molecule has 0 atom stereocenters. The van der Waals surface area contributed by atoms with E-state index < -0.39 is 0 Å². The summed E-state index contributed by atoms with van der Waals surface area (Å²) in [5.74, 6) is 1.38. The molecule has 1 heterocycles. The summed E-state index contributed by atoms with van der Waals surface area (Å²) in [6.07, 6.45) is 4.80. The lowest BCUT2D eigenvalue weighted by Gasteiger charge is -2.11. The van der Waals surface area contributed by atoms with Gasteiger partial charge in [-0.2, -0.15) is 4.98 Å². The minimum Gasteiger partial charge on any atom is -0.370 e. The zero-order chi connectivity index (χ0) is 15.4. The first-order valence-corrected chi connectivity index (χ1v) is 7.73. The van der Waals surface area contributed by atoms with Crippen LogP contribution in [0.25, 0.3) is 11.4 Å². The van der Waals surface area contributed by atoms with Crippen molar-refractivity contribution in [2.45, 2.75) is 38.3 Å². The van der Waals surface area contributed by atoms with Crippen LogP contribution in [-0.2, 0) is 6.54 Å². The third-order valence-electron chi connectivity index (χ3n) is 3.66. The van der Waals surface area contributed by atoms with Crippen molar-refractivity contribution in [3.05, 3.63) is 35.2 Å². The van der Waals surface area contributed by atoms with Crippen LogP contribution in [0.4, 0.5) is 0 Å². The van der Waals surface area contributed by atoms with Gasteiger partial charge in [0.15, 0.2) is 5.96 Å². The van der Waals surface area contributed by atoms with Crippen LogP contribution in [0.1, 0.15) is 31.6 Å². The van der Waals surface area contributed by atoms with Gasteiger partial charge in [0, 0.05) is 16.6 Å². The van der Waals surface area contributed by atoms with Crippen molar-refractivity contribution in [2.75, 3.05) is 0 Å². The predicted octanol–water partition coefficient (Wildman–Crippen LogP) is 3.35. The molecule has 0 radical (unpaired) electrons. The van der Waals surface area contributed by atoms with Gasteiger partial charge in [-0.1, -0.05) is 29.6 Å². The maximum Gasteiger partial charge on any atom is 0.248 e. The van der Waals surface area contributed by atoms with E-state index >= 15 is 0 Å². The molecule has 1 fully saturated rings. The molecule has 1 saturated carbocycles. The van der Waals surface area contributed by atoms with E-state index in [1.165, 1.54) is 12.8 Å². The molecular formula is C15H19ClIN5O. The molecule has 0 amide bonds. The molecule has 124 valence electrons. The van der Waals surface area contributed by atoms with Gasteiger partial charge in [0.2, 0.25) is 11.7 Å². The van der Waals surface area contributed by atoms with E-state index in [1.807, 2.05) is 12.1 Å². The van der Waals surface area contributed by atoms with Gasteiger partial charge in [-0.05, 0) is 37.1 Å². The zero-order valence-corrected chi connectivity index (χ0v) is 15.6. The highest BCUT2D eigenvalue weighted by molar-refractivity contribution is 14.0. The Morgan fingerprint density at radius 1 is 1.30 bits per heavy atom. The number of aliphatic imine (C=N–C) groups is 1. The highest BCUT2D eigenvalue weighted by atomic mass is 127. The van der Waals surface area contributed by atoms with E-state index in [9.17, 15) is 0 Å². The summed E-state index contributed by atoms with van der Waals surface area (Å²) in [6.45, 7) is 0.270. The molecule has 0 spiro atoms. The van der Waals surface area contributed by atoms with Crippen LogP contribution < -0.4 is 11.1 Å². The first-order valence-electron chi connectivity index (χ1n) is 7.36. The smallest absolute Gasteiger partial charge is 0.248 e. The largest absolute Gasteiger partial charge is 0.370 e. The Bertz CT molecular complexity index is 652. The van der Waals surface area contributed by atoms with E-state index in [-0.39, 0.29) is 30.5 Å². The molecule has 1 aliphatic carbocycles. The quantitative estimate of drug-likeness (QED) is 0.426. The number of halogens is 2. The number of aromatic nitrogens is 2. The second-order valence-electron chi connectivity index (χ2n) is 5.35. The Kier molecular flexibility index (Phi) is 6.64. The summed E-state index contributed by atoms with van der Waals surface area (Å²) in [4.78, 5) is 8.55. The van der Waals surface area contributed by atoms with Gasteiger partial charge in [0.1, 0.15) is 6.54 Å². The van der Waals surface area contributed by atoms with Crippen molar-refractivity contribution in [2.24, 2.45) is 10.7 Å². The Labute approximate surface area is 156 Å². The van der Waals surface area contributed by atoms with Crippen molar-refractivity contribution in [1.29, 1.82) is 0 Å². The topological polar surface area (TPSA) is 89.3 Å². The highest BCUT2D eigenvalue weighted by Crippen LogP contribution is 2.19. The van der Waals surface area contributed by atoms with Crippen LogP contribution in [0.15, 0.2) is 33.8 Å². The molecule has 1 aromatic carbocycles. The van der Waals surface area contributed by atoms with Crippen molar-refractivity contribution >= 4 is 41.5 Å². The van der Waals surface area contributed by atoms with Crippen molar-refractivity contribution in [3.8, 4) is 11.4 Å². The number of hydrogen-bond acceptors (Lipinski definition) is 4. The standard InChI is InChI=1S/C15H18ClN5O.HI/c16-11-7-5-10(6-8-11)14-20-13(22-21-14)9-18-15(17)19-12-3-1-2-4-12;/h5-8,12H,1-4,9H2,(H3,17,18,19);1H. The fourth-order valence-corrected chi connectivity index (χ4v) is 2.64. The molecule has 2 aromatic rings. The lowest BCUT2D eigenvalue weighted by molar-refractivity contribution is 0.380. The van der Waals surface area contributed by atoms with Crippen LogP contribution in [0.2, 0.25) is 5.02 Å². The van der Waals surface area contributed by atoms with E-state index in [4.69, 9.17) is 21.9 Å². The summed E-state index contributed by atoms with van der Waals surface area (Å²) in [5.41, 5.74) is 6.72. The number of guanidine groups is 1. The minimum atomic E-state index is 0. The molecule has 0 bridgehead atoms. The first kappa shape index (κ1) is 18.0. The molecule has 1 aliphatic rings. The number of nitrogens with one attached hydrogen (secondary N) is 1. The summed E-state index contributed by atoms with van der Waals surface area (Å²) < 4.78 is 5.19. The maximum atomic E-state index is 5.87. The summed E-state index contributed by atoms with van der Waals surface area (Å²) in [7, 11) is 0. The molecule has 3 rings (SSSR count). The van der Waals surface area contributed by atoms with Gasteiger partial charge in [0.25, 0.3) is 0 Å². The van der Waals surface area contributed by atoms with Crippen LogP contribution in [0.5, 0.6) is 0 Å². The predicted molar refractivity (Wildman–Crippen MR) is 101 cm³/mol. The fraction of sp³-hybridized carbons (Fsp3) is 0.400. The van der Waals surface area contributed by atoms with Gasteiger partial charge in [-0.15, -0.1) is 24.0 Å². The molecule has 6 nitrogen and oxygen atoms in total. The van der Waals surface area contributed by atoms with Crippen molar-refractivity contribution in [1.82, 2.24) is 15.5 Å². The lowest BCUT2D eigenvalue weighted by Crippen LogP contribution is -2.38. The number of nitrogens with zero attached hydrogens (tertiary/aromatic N) is 3. The molecule has 0 unspecified atom stereocenters. The Morgan fingerprint density at radius 3 is 2.70 bits per heavy atom. The molecule has 1 aromatic heterocycles. The zero-order valence-electron chi connectivity index (χ0n) is 12.5. The fourth-order valence-electron chi connectivity index (χ4n) is 2.51. The molecule has 23 heavy (non-hydrogen) atoms. The lowest BCUT2D eigenvalue weighted by atomic mass is 10.2. The average molecular weight is 448 g/mol. The number of nitrogens with two attached hydrogens (primary N) is 1. The summed E-state index contributed by atoms with van der Waals surface area (Å²) >= 11 is 5.86. The normalized spacial score (nSPS) is 15.4. The van der Waals surface area contributed by atoms with Gasteiger partial charge < -0.3 is 15.6 Å². The van der Waals surface area contributed by atoms with Gasteiger partial charge in [0.05, 0.1) is 0 Å². The average Bonchev–Trinajstić information content (AvgIpc) is 3.17. The SMILES string of the molecule is I.NC(=NCc1nc(-c2ccc(Cl)cc2)no1)NC1CCCC1. The summed E-state index contributed by atoms with van der Waals surface area (Å²) in [6, 6.07) is 7.70. The molecule has 3 N–H and O–H groups in total. The van der Waals surface area contributed by atoms with E-state index in [1.54, 1.807) is 12.1 Å². The van der Waals surface area contributed by atoms with Crippen molar-refractivity contribution in [3.63, 3.8) is 0 Å². The van der Waals surface area contributed by atoms with Crippen LogP contribution in [-0.4, -0.2) is 22.1 Å². The third-order valence-corrected chi connectivity index (χ3v) is 3.91. The maximum absolute atomic E-state index is 5.87. The van der Waals surface area contributed by atoms with Gasteiger partial charge >= 0.3 is 0 Å². The monoisotopic (exact) mass is 447 g/mol. The molecule has 0 aliphatic heterocycles. The van der Waals surface area contributed by atoms with Crippen LogP contribution in [0, 0.1) is 0 Å². The number of hydrogen-bond donors (Lipinski definition) is 2. The van der Waals surface area contributed by atoms with Crippen molar-refractivity contribution < 1.29 is 4.52 Å². The number of rotatable bonds is 4. The van der Waals surface area contributed by atoms with E-state index in [0.717, 1.165) is 18.4 Å². The Balaban J connectivity index is 0.00000192. The molecule has 0 saturated heterocycles.